The van der Waals surface area contributed by atoms with Crippen LogP contribution in [-0.2, 0) is 45.1 Å². The van der Waals surface area contributed by atoms with Crippen LogP contribution in [0, 0.1) is 5.92 Å². The number of hydrogen-bond acceptors (Lipinski definition) is 9. The van der Waals surface area contributed by atoms with E-state index >= 15 is 0 Å². The average Bonchev–Trinajstić information content (AvgIpc) is 3.55. The lowest BCUT2D eigenvalue weighted by molar-refractivity contribution is -0.142. The van der Waals surface area contributed by atoms with E-state index < -0.39 is 0 Å². The highest BCUT2D eigenvalue weighted by Gasteiger charge is 2.37. The fourth-order valence-electron chi connectivity index (χ4n) is 6.67. The number of fused-ring (bicyclic) bond motifs is 1. The Hall–Kier alpha value is -2.89. The van der Waals surface area contributed by atoms with Crippen molar-refractivity contribution in [1.82, 2.24) is 19.4 Å². The molecule has 1 amide bonds. The van der Waals surface area contributed by atoms with Crippen molar-refractivity contribution in [3.8, 4) is 5.75 Å². The monoisotopic (exact) mass is 624 g/mol. The molecule has 1 saturated carbocycles. The fraction of sp³-hybridized carbons (Fsp3) is 0.636. The van der Waals surface area contributed by atoms with Crippen molar-refractivity contribution >= 4 is 23.6 Å². The van der Waals surface area contributed by atoms with Crippen molar-refractivity contribution in [1.29, 1.82) is 0 Å². The lowest BCUT2D eigenvalue weighted by Gasteiger charge is -2.41. The molecule has 1 aromatic carbocycles. The Morgan fingerprint density at radius 3 is 2.59 bits per heavy atom. The van der Waals surface area contributed by atoms with Crippen LogP contribution in [0.25, 0.3) is 0 Å². The van der Waals surface area contributed by atoms with Gasteiger partial charge in [-0.3, -0.25) is 23.9 Å². The maximum Gasteiger partial charge on any atom is 0.308 e. The summed E-state index contributed by atoms with van der Waals surface area (Å²) in [6.07, 6.45) is 9.03. The minimum absolute atomic E-state index is 0.00858. The minimum atomic E-state index is -0.293. The third kappa shape index (κ3) is 7.49. The smallest absolute Gasteiger partial charge is 0.308 e. The lowest BCUT2D eigenvalue weighted by atomic mass is 9.96. The van der Waals surface area contributed by atoms with Crippen LogP contribution in [0.3, 0.4) is 0 Å². The minimum Gasteiger partial charge on any atom is -0.493 e. The molecule has 6 rings (SSSR count). The SMILES string of the molecule is COC(=O)CCOc1ccc(CN2CC(C(=O)N3CCc4nc(SC5CCCCC5)n(C[C@H]5CCCO5)c(=O)c4C3)C2)cc1. The van der Waals surface area contributed by atoms with Gasteiger partial charge in [-0.25, -0.2) is 4.98 Å². The van der Waals surface area contributed by atoms with E-state index in [0.717, 1.165) is 42.4 Å². The van der Waals surface area contributed by atoms with Crippen LogP contribution in [0.1, 0.15) is 68.2 Å². The zero-order chi connectivity index (χ0) is 30.5. The third-order valence-electron chi connectivity index (χ3n) is 9.27. The normalized spacial score (nSPS) is 21.1. The fourth-order valence-corrected chi connectivity index (χ4v) is 7.99. The van der Waals surface area contributed by atoms with Gasteiger partial charge in [-0.1, -0.05) is 43.2 Å². The summed E-state index contributed by atoms with van der Waals surface area (Å²) in [4.78, 5) is 47.9. The molecule has 1 aliphatic carbocycles. The van der Waals surface area contributed by atoms with Crippen LogP contribution in [-0.4, -0.2) is 82.5 Å². The number of rotatable bonds is 11. The molecule has 3 aliphatic heterocycles. The molecule has 0 unspecified atom stereocenters. The van der Waals surface area contributed by atoms with Crippen LogP contribution < -0.4 is 10.3 Å². The van der Waals surface area contributed by atoms with Crippen molar-refractivity contribution in [2.24, 2.45) is 5.92 Å². The van der Waals surface area contributed by atoms with Gasteiger partial charge in [0.15, 0.2) is 5.16 Å². The molecule has 238 valence electrons. The summed E-state index contributed by atoms with van der Waals surface area (Å²) in [6.45, 7) is 4.69. The molecule has 10 nitrogen and oxygen atoms in total. The molecule has 4 heterocycles. The van der Waals surface area contributed by atoms with E-state index in [2.05, 4.69) is 9.64 Å². The quantitative estimate of drug-likeness (QED) is 0.273. The van der Waals surface area contributed by atoms with E-state index in [9.17, 15) is 14.4 Å². The molecule has 0 spiro atoms. The topological polar surface area (TPSA) is 103 Å². The zero-order valence-electron chi connectivity index (χ0n) is 25.7. The number of amides is 1. The van der Waals surface area contributed by atoms with Crippen molar-refractivity contribution in [2.75, 3.05) is 40.0 Å². The van der Waals surface area contributed by atoms with Crippen LogP contribution in [0.4, 0.5) is 0 Å². The van der Waals surface area contributed by atoms with Crippen LogP contribution >= 0.6 is 11.8 Å². The highest BCUT2D eigenvalue weighted by atomic mass is 32.2. The van der Waals surface area contributed by atoms with Gasteiger partial charge in [-0.15, -0.1) is 0 Å². The van der Waals surface area contributed by atoms with Crippen LogP contribution in [0.15, 0.2) is 34.2 Å². The summed E-state index contributed by atoms with van der Waals surface area (Å²) < 4.78 is 18.0. The number of carbonyl (C=O) groups excluding carboxylic acids is 2. The maximum absolute atomic E-state index is 13.9. The summed E-state index contributed by atoms with van der Waals surface area (Å²) in [5.41, 5.74) is 2.70. The largest absolute Gasteiger partial charge is 0.493 e. The van der Waals surface area contributed by atoms with E-state index in [1.807, 2.05) is 33.7 Å². The van der Waals surface area contributed by atoms with Crippen molar-refractivity contribution in [2.45, 2.75) is 93.9 Å². The van der Waals surface area contributed by atoms with Crippen LogP contribution in [0.5, 0.6) is 5.75 Å². The zero-order valence-corrected chi connectivity index (χ0v) is 26.5. The third-order valence-corrected chi connectivity index (χ3v) is 10.6. The highest BCUT2D eigenvalue weighted by Crippen LogP contribution is 2.34. The second-order valence-electron chi connectivity index (χ2n) is 12.5. The summed E-state index contributed by atoms with van der Waals surface area (Å²) in [5.74, 6) is 0.495. The standard InChI is InChI=1S/C33H44N4O6S/c1-41-30(38)14-17-43-25-11-9-23(10-12-25)18-35-19-24(20-35)31(39)36-15-13-29-28(22-36)32(40)37(21-26-6-5-16-42-26)33(34-29)44-27-7-3-2-4-8-27/h9-12,24,26-27H,2-8,13-22H2,1H3/t26-/m1/s1. The van der Waals surface area contributed by atoms with E-state index in [0.29, 0.717) is 55.7 Å². The number of nitrogens with zero attached hydrogens (tertiary/aromatic N) is 4. The summed E-state index contributed by atoms with van der Waals surface area (Å²) in [5, 5.41) is 1.35. The number of ether oxygens (including phenoxy) is 3. The first-order valence-corrected chi connectivity index (χ1v) is 17.1. The number of hydrogen-bond donors (Lipinski definition) is 0. The van der Waals surface area contributed by atoms with Crippen molar-refractivity contribution in [3.05, 3.63) is 51.4 Å². The molecular formula is C33H44N4O6S. The lowest BCUT2D eigenvalue weighted by Crippen LogP contribution is -2.55. The van der Waals surface area contributed by atoms with Gasteiger partial charge in [-0.2, -0.15) is 0 Å². The second-order valence-corrected chi connectivity index (χ2v) is 13.7. The molecule has 44 heavy (non-hydrogen) atoms. The molecule has 2 saturated heterocycles. The molecule has 3 fully saturated rings. The Labute approximate surface area is 263 Å². The first-order valence-electron chi connectivity index (χ1n) is 16.2. The first-order chi connectivity index (χ1) is 21.5. The molecule has 1 atom stereocenters. The van der Waals surface area contributed by atoms with Gasteiger partial charge in [0.2, 0.25) is 5.91 Å². The number of aromatic nitrogens is 2. The van der Waals surface area contributed by atoms with E-state index in [1.165, 1.54) is 39.2 Å². The molecule has 2 aromatic rings. The Morgan fingerprint density at radius 2 is 1.86 bits per heavy atom. The average molecular weight is 625 g/mol. The molecular weight excluding hydrogens is 580 g/mol. The van der Waals surface area contributed by atoms with Gasteiger partial charge in [0, 0.05) is 44.5 Å². The summed E-state index contributed by atoms with van der Waals surface area (Å²) in [6, 6.07) is 7.83. The van der Waals surface area contributed by atoms with Gasteiger partial charge in [0.1, 0.15) is 5.75 Å². The highest BCUT2D eigenvalue weighted by molar-refractivity contribution is 7.99. The van der Waals surface area contributed by atoms with E-state index in [4.69, 9.17) is 14.5 Å². The molecule has 11 heteroatoms. The number of likely N-dealkylation sites (tertiary alicyclic amines) is 1. The summed E-state index contributed by atoms with van der Waals surface area (Å²) in [7, 11) is 1.37. The van der Waals surface area contributed by atoms with Crippen molar-refractivity contribution < 1.29 is 23.8 Å². The van der Waals surface area contributed by atoms with Gasteiger partial charge < -0.3 is 19.1 Å². The predicted molar refractivity (Wildman–Crippen MR) is 167 cm³/mol. The van der Waals surface area contributed by atoms with E-state index in [1.54, 1.807) is 11.8 Å². The number of benzene rings is 1. The number of carbonyl (C=O) groups is 2. The molecule has 1 aromatic heterocycles. The van der Waals surface area contributed by atoms with Gasteiger partial charge >= 0.3 is 5.97 Å². The number of thioether (sulfide) groups is 1. The second kappa shape index (κ2) is 14.5. The molecule has 0 radical (unpaired) electrons. The maximum atomic E-state index is 13.9. The van der Waals surface area contributed by atoms with E-state index in [-0.39, 0.29) is 42.5 Å². The first kappa shape index (κ1) is 31.1. The Morgan fingerprint density at radius 1 is 1.07 bits per heavy atom. The Kier molecular flexibility index (Phi) is 10.2. The molecule has 0 N–H and O–H groups in total. The number of methoxy groups -OCH3 is 1. The van der Waals surface area contributed by atoms with Crippen LogP contribution in [0.2, 0.25) is 0 Å². The predicted octanol–water partition coefficient (Wildman–Crippen LogP) is 3.81. The Balaban J connectivity index is 1.05. The van der Waals surface area contributed by atoms with Gasteiger partial charge in [-0.05, 0) is 43.4 Å². The van der Waals surface area contributed by atoms with Gasteiger partial charge in [0.05, 0.1) is 56.5 Å². The molecule has 0 bridgehead atoms. The molecule has 4 aliphatic rings. The summed E-state index contributed by atoms with van der Waals surface area (Å²) >= 11 is 1.78. The van der Waals surface area contributed by atoms with Gasteiger partial charge in [0.25, 0.3) is 5.56 Å². The number of esters is 1. The Bertz CT molecular complexity index is 1360. The van der Waals surface area contributed by atoms with Crippen molar-refractivity contribution in [3.63, 3.8) is 0 Å².